The number of hydrazine groups is 1. The second kappa shape index (κ2) is 9.86. The molecular weight excluding hydrogens is 408 g/mol. The Morgan fingerprint density at radius 2 is 1.57 bits per heavy atom. The predicted octanol–water partition coefficient (Wildman–Crippen LogP) is 1.51. The van der Waals surface area contributed by atoms with Crippen LogP contribution in [0.4, 0.5) is 0 Å². The van der Waals surface area contributed by atoms with Crippen molar-refractivity contribution in [1.82, 2.24) is 10.9 Å². The van der Waals surface area contributed by atoms with E-state index in [1.54, 1.807) is 30.3 Å². The quantitative estimate of drug-likeness (QED) is 0.513. The Morgan fingerprint density at radius 1 is 0.929 bits per heavy atom. The monoisotopic (exact) mass is 424 g/mol. The number of halogens is 1. The van der Waals surface area contributed by atoms with E-state index in [-0.39, 0.29) is 4.90 Å². The molecule has 0 saturated heterocycles. The van der Waals surface area contributed by atoms with Gasteiger partial charge in [0.15, 0.2) is 16.4 Å². The van der Waals surface area contributed by atoms with Crippen LogP contribution in [0.1, 0.15) is 16.8 Å². The topological polar surface area (TPSA) is 119 Å². The summed E-state index contributed by atoms with van der Waals surface area (Å²) in [6, 6.07) is 13.7. The van der Waals surface area contributed by atoms with E-state index in [4.69, 9.17) is 16.3 Å². The smallest absolute Gasteiger partial charge is 0.307 e. The lowest BCUT2D eigenvalue weighted by Crippen LogP contribution is -2.43. The van der Waals surface area contributed by atoms with Crippen molar-refractivity contribution >= 4 is 39.2 Å². The maximum Gasteiger partial charge on any atom is 0.307 e. The first-order chi connectivity index (χ1) is 13.3. The molecule has 0 bridgehead atoms. The number of rotatable bonds is 7. The zero-order chi connectivity index (χ0) is 20.6. The summed E-state index contributed by atoms with van der Waals surface area (Å²) >= 11 is 5.71. The van der Waals surface area contributed by atoms with Gasteiger partial charge in [0, 0.05) is 10.6 Å². The number of esters is 1. The van der Waals surface area contributed by atoms with E-state index in [2.05, 4.69) is 10.9 Å². The van der Waals surface area contributed by atoms with E-state index in [9.17, 15) is 22.8 Å². The van der Waals surface area contributed by atoms with Crippen LogP contribution < -0.4 is 10.9 Å². The van der Waals surface area contributed by atoms with Gasteiger partial charge in [0.05, 0.1) is 17.1 Å². The van der Waals surface area contributed by atoms with Crippen LogP contribution in [0.25, 0.3) is 0 Å². The Kier molecular flexibility index (Phi) is 7.53. The Balaban J connectivity index is 1.72. The van der Waals surface area contributed by atoms with E-state index >= 15 is 0 Å². The highest BCUT2D eigenvalue weighted by Crippen LogP contribution is 2.16. The Labute approximate surface area is 166 Å². The van der Waals surface area contributed by atoms with Crippen LogP contribution in [0.5, 0.6) is 0 Å². The molecule has 148 valence electrons. The first-order valence-corrected chi connectivity index (χ1v) is 10.1. The lowest BCUT2D eigenvalue weighted by atomic mass is 10.2. The third kappa shape index (κ3) is 6.67. The molecule has 0 unspecified atom stereocenters. The van der Waals surface area contributed by atoms with Gasteiger partial charge in [-0.3, -0.25) is 25.2 Å². The van der Waals surface area contributed by atoms with Gasteiger partial charge in [0.25, 0.3) is 11.8 Å². The zero-order valence-electron chi connectivity index (χ0n) is 14.6. The molecule has 2 rings (SSSR count). The zero-order valence-corrected chi connectivity index (χ0v) is 16.1. The van der Waals surface area contributed by atoms with Gasteiger partial charge in [-0.1, -0.05) is 29.8 Å². The van der Waals surface area contributed by atoms with Crippen LogP contribution in [0, 0.1) is 0 Å². The average Bonchev–Trinajstić information content (AvgIpc) is 2.70. The summed E-state index contributed by atoms with van der Waals surface area (Å²) in [4.78, 5) is 35.0. The highest BCUT2D eigenvalue weighted by molar-refractivity contribution is 7.91. The minimum absolute atomic E-state index is 0.0334. The van der Waals surface area contributed by atoms with Crippen molar-refractivity contribution in [3.05, 3.63) is 65.2 Å². The number of hydrogen-bond acceptors (Lipinski definition) is 6. The molecule has 0 atom stereocenters. The normalized spacial score (nSPS) is 10.8. The molecule has 0 aliphatic heterocycles. The first kappa shape index (κ1) is 21.4. The number of carbonyl (C=O) groups is 3. The molecule has 2 amide bonds. The van der Waals surface area contributed by atoms with Crippen molar-refractivity contribution in [3.8, 4) is 0 Å². The summed E-state index contributed by atoms with van der Waals surface area (Å²) in [6.45, 7) is -0.658. The summed E-state index contributed by atoms with van der Waals surface area (Å²) < 4.78 is 28.9. The molecule has 8 nitrogen and oxygen atoms in total. The fraction of sp³-hybridized carbons (Fsp3) is 0.167. The summed E-state index contributed by atoms with van der Waals surface area (Å²) in [5.41, 5.74) is 4.60. The molecule has 2 N–H and O–H groups in total. The van der Waals surface area contributed by atoms with Crippen molar-refractivity contribution in [1.29, 1.82) is 0 Å². The third-order valence-electron chi connectivity index (χ3n) is 3.46. The first-order valence-electron chi connectivity index (χ1n) is 8.06. The van der Waals surface area contributed by atoms with Crippen LogP contribution in [-0.4, -0.2) is 38.6 Å². The summed E-state index contributed by atoms with van der Waals surface area (Å²) in [6.07, 6.45) is -0.422. The van der Waals surface area contributed by atoms with Gasteiger partial charge >= 0.3 is 5.97 Å². The minimum Gasteiger partial charge on any atom is -0.455 e. The molecule has 0 heterocycles. The van der Waals surface area contributed by atoms with Crippen LogP contribution >= 0.6 is 11.6 Å². The summed E-state index contributed by atoms with van der Waals surface area (Å²) in [5, 5.41) is 0.392. The number of ether oxygens (including phenoxy) is 1. The van der Waals surface area contributed by atoms with Crippen LogP contribution in [0.2, 0.25) is 5.02 Å². The van der Waals surface area contributed by atoms with Gasteiger partial charge in [0.2, 0.25) is 0 Å². The minimum atomic E-state index is -3.68. The van der Waals surface area contributed by atoms with Gasteiger partial charge < -0.3 is 4.74 Å². The van der Waals surface area contributed by atoms with E-state index in [1.807, 2.05) is 0 Å². The van der Waals surface area contributed by atoms with Gasteiger partial charge in [-0.05, 0) is 36.4 Å². The number of amides is 2. The maximum atomic E-state index is 12.1. The lowest BCUT2D eigenvalue weighted by molar-refractivity contribution is -0.148. The average molecular weight is 425 g/mol. The summed E-state index contributed by atoms with van der Waals surface area (Å²) in [7, 11) is -3.68. The SMILES string of the molecule is O=C(COC(=O)CCS(=O)(=O)c1ccc(Cl)cc1)NNC(=O)c1ccccc1. The molecular formula is C18H17ClN2O6S. The van der Waals surface area contributed by atoms with Crippen molar-refractivity contribution in [2.75, 3.05) is 12.4 Å². The molecule has 0 spiro atoms. The molecule has 0 aliphatic rings. The number of nitrogens with one attached hydrogen (secondary N) is 2. The van der Waals surface area contributed by atoms with Crippen molar-refractivity contribution in [3.63, 3.8) is 0 Å². The van der Waals surface area contributed by atoms with Crippen molar-refractivity contribution in [2.24, 2.45) is 0 Å². The molecule has 0 aliphatic carbocycles. The largest absolute Gasteiger partial charge is 0.455 e. The standard InChI is InChI=1S/C18H17ClN2O6S/c19-14-6-8-15(9-7-14)28(25,26)11-10-17(23)27-12-16(22)20-21-18(24)13-4-2-1-3-5-13/h1-9H,10-12H2,(H,20,22)(H,21,24). The van der Waals surface area contributed by atoms with Crippen molar-refractivity contribution in [2.45, 2.75) is 11.3 Å². The van der Waals surface area contributed by atoms with Crippen LogP contribution in [-0.2, 0) is 24.2 Å². The Morgan fingerprint density at radius 3 is 2.21 bits per heavy atom. The molecule has 10 heteroatoms. The highest BCUT2D eigenvalue weighted by atomic mass is 35.5. The fourth-order valence-electron chi connectivity index (χ4n) is 2.02. The van der Waals surface area contributed by atoms with Crippen LogP contribution in [0.15, 0.2) is 59.5 Å². The van der Waals surface area contributed by atoms with Gasteiger partial charge in [-0.15, -0.1) is 0 Å². The number of carbonyl (C=O) groups excluding carboxylic acids is 3. The predicted molar refractivity (Wildman–Crippen MR) is 101 cm³/mol. The fourth-order valence-corrected chi connectivity index (χ4v) is 3.37. The lowest BCUT2D eigenvalue weighted by Gasteiger charge is -2.08. The van der Waals surface area contributed by atoms with Crippen LogP contribution in [0.3, 0.4) is 0 Å². The maximum absolute atomic E-state index is 12.1. The van der Waals surface area contributed by atoms with Gasteiger partial charge in [-0.2, -0.15) is 0 Å². The highest BCUT2D eigenvalue weighted by Gasteiger charge is 2.18. The third-order valence-corrected chi connectivity index (χ3v) is 5.45. The van der Waals surface area contributed by atoms with E-state index in [1.165, 1.54) is 24.3 Å². The molecule has 0 fully saturated rings. The second-order valence-corrected chi connectivity index (χ2v) is 8.10. The molecule has 0 saturated carbocycles. The molecule has 0 aromatic heterocycles. The second-order valence-electron chi connectivity index (χ2n) is 5.55. The molecule has 0 radical (unpaired) electrons. The molecule has 2 aromatic rings. The van der Waals surface area contributed by atoms with E-state index < -0.39 is 46.4 Å². The number of sulfone groups is 1. The van der Waals surface area contributed by atoms with Crippen molar-refractivity contribution < 1.29 is 27.5 Å². The molecule has 28 heavy (non-hydrogen) atoms. The van der Waals surface area contributed by atoms with E-state index in [0.717, 1.165) is 0 Å². The van der Waals surface area contributed by atoms with Gasteiger partial charge in [-0.25, -0.2) is 8.42 Å². The molecule has 2 aromatic carbocycles. The Hall–Kier alpha value is -2.91. The Bertz CT molecular complexity index is 946. The number of benzene rings is 2. The summed E-state index contributed by atoms with van der Waals surface area (Å²) in [5.74, 6) is -2.63. The van der Waals surface area contributed by atoms with Gasteiger partial charge in [0.1, 0.15) is 0 Å². The number of hydrogen-bond donors (Lipinski definition) is 2. The van der Waals surface area contributed by atoms with E-state index in [0.29, 0.717) is 10.6 Å².